The Hall–Kier alpha value is -4.15. The molecule has 0 bridgehead atoms. The Kier molecular flexibility index (Phi) is 6.10. The van der Waals surface area contributed by atoms with E-state index < -0.39 is 23.7 Å². The second-order valence-electron chi connectivity index (χ2n) is 7.74. The van der Waals surface area contributed by atoms with Crippen molar-refractivity contribution in [3.05, 3.63) is 83.3 Å². The lowest BCUT2D eigenvalue weighted by atomic mass is 10.1. The predicted octanol–water partition coefficient (Wildman–Crippen LogP) is 4.13. The molecule has 4 aromatic rings. The number of aromatic nitrogens is 5. The molecule has 0 fully saturated rings. The molecular formula is C23H20F3N7O. The summed E-state index contributed by atoms with van der Waals surface area (Å²) in [5, 5.41) is 0.636. The standard InChI is InChI=1S/C23H20F3N7O/c1-13-7-15-8-16(9-31-21(15)32-20(13)27)22(34)33(14(2)19-11-28-5-6-29-19)12-18-4-3-17(10-30-18)23(24,25)26/h3-11,14H,12H2,1-2H3,(H2,27,31,32)/t14-/m1/s1. The summed E-state index contributed by atoms with van der Waals surface area (Å²) in [6.45, 7) is 3.51. The zero-order chi connectivity index (χ0) is 24.5. The highest BCUT2D eigenvalue weighted by Gasteiger charge is 2.31. The van der Waals surface area contributed by atoms with Crippen LogP contribution in [0.4, 0.5) is 19.0 Å². The first-order valence-electron chi connectivity index (χ1n) is 10.3. The van der Waals surface area contributed by atoms with Crippen LogP contribution in [-0.4, -0.2) is 35.7 Å². The molecule has 4 aromatic heterocycles. The number of alkyl halides is 3. The molecule has 0 aliphatic carbocycles. The molecule has 0 radical (unpaired) electrons. The number of amides is 1. The molecule has 4 heterocycles. The number of carbonyl (C=O) groups excluding carboxylic acids is 1. The van der Waals surface area contributed by atoms with Gasteiger partial charge in [0.05, 0.1) is 41.3 Å². The van der Waals surface area contributed by atoms with Crippen LogP contribution in [0.2, 0.25) is 0 Å². The van der Waals surface area contributed by atoms with Crippen molar-refractivity contribution >= 4 is 22.8 Å². The quantitative estimate of drug-likeness (QED) is 0.470. The van der Waals surface area contributed by atoms with E-state index in [1.807, 2.05) is 0 Å². The molecule has 0 unspecified atom stereocenters. The summed E-state index contributed by atoms with van der Waals surface area (Å²) in [7, 11) is 0. The number of pyridine rings is 3. The van der Waals surface area contributed by atoms with Gasteiger partial charge in [0, 0.05) is 30.2 Å². The molecule has 0 spiro atoms. The molecule has 2 N–H and O–H groups in total. The number of rotatable bonds is 5. The largest absolute Gasteiger partial charge is 0.417 e. The molecule has 0 saturated heterocycles. The fraction of sp³-hybridized carbons (Fsp3) is 0.217. The van der Waals surface area contributed by atoms with Crippen LogP contribution in [0.15, 0.2) is 55.2 Å². The summed E-state index contributed by atoms with van der Waals surface area (Å²) >= 11 is 0. The topological polar surface area (TPSA) is 111 Å². The van der Waals surface area contributed by atoms with Gasteiger partial charge >= 0.3 is 6.18 Å². The normalized spacial score (nSPS) is 12.5. The molecule has 1 amide bonds. The Morgan fingerprint density at radius 3 is 2.53 bits per heavy atom. The van der Waals surface area contributed by atoms with Gasteiger partial charge in [0.15, 0.2) is 5.65 Å². The highest BCUT2D eigenvalue weighted by atomic mass is 19.4. The molecule has 11 heteroatoms. The summed E-state index contributed by atoms with van der Waals surface area (Å²) in [6.07, 6.45) is 2.18. The van der Waals surface area contributed by atoms with Gasteiger partial charge in [-0.05, 0) is 43.7 Å². The van der Waals surface area contributed by atoms with Crippen molar-refractivity contribution < 1.29 is 18.0 Å². The number of anilines is 1. The molecule has 1 atom stereocenters. The van der Waals surface area contributed by atoms with E-state index in [2.05, 4.69) is 24.9 Å². The Morgan fingerprint density at radius 1 is 1.09 bits per heavy atom. The SMILES string of the molecule is Cc1cc2cc(C(=O)N(Cc3ccc(C(F)(F)F)cn3)[C@H](C)c3cnccn3)cnc2nc1N. The number of hydrogen-bond donors (Lipinski definition) is 1. The van der Waals surface area contributed by atoms with Crippen molar-refractivity contribution in [1.29, 1.82) is 0 Å². The number of nitrogens with two attached hydrogens (primary N) is 1. The van der Waals surface area contributed by atoms with Crippen molar-refractivity contribution in [2.75, 3.05) is 5.73 Å². The van der Waals surface area contributed by atoms with Crippen molar-refractivity contribution in [1.82, 2.24) is 29.8 Å². The van der Waals surface area contributed by atoms with Crippen LogP contribution < -0.4 is 5.73 Å². The van der Waals surface area contributed by atoms with E-state index in [0.717, 1.165) is 17.8 Å². The summed E-state index contributed by atoms with van der Waals surface area (Å²) in [4.78, 5) is 35.7. The zero-order valence-corrected chi connectivity index (χ0v) is 18.3. The third kappa shape index (κ3) is 4.77. The molecule has 8 nitrogen and oxygen atoms in total. The van der Waals surface area contributed by atoms with Gasteiger partial charge in [0.2, 0.25) is 0 Å². The third-order valence-electron chi connectivity index (χ3n) is 5.37. The molecule has 4 rings (SSSR count). The Morgan fingerprint density at radius 2 is 1.88 bits per heavy atom. The minimum Gasteiger partial charge on any atom is -0.383 e. The lowest BCUT2D eigenvalue weighted by Gasteiger charge is -2.28. The molecular weight excluding hydrogens is 447 g/mol. The number of aryl methyl sites for hydroxylation is 1. The van der Waals surface area contributed by atoms with Crippen LogP contribution in [-0.2, 0) is 12.7 Å². The van der Waals surface area contributed by atoms with E-state index in [-0.39, 0.29) is 17.8 Å². The number of nitrogens with zero attached hydrogens (tertiary/aromatic N) is 6. The van der Waals surface area contributed by atoms with Crippen LogP contribution in [0, 0.1) is 6.92 Å². The highest BCUT2D eigenvalue weighted by Crippen LogP contribution is 2.29. The fourth-order valence-corrected chi connectivity index (χ4v) is 3.40. The van der Waals surface area contributed by atoms with Gasteiger partial charge in [-0.2, -0.15) is 13.2 Å². The maximum atomic E-state index is 13.6. The molecule has 0 aromatic carbocycles. The van der Waals surface area contributed by atoms with E-state index in [1.165, 1.54) is 35.8 Å². The molecule has 0 saturated carbocycles. The van der Waals surface area contributed by atoms with Gasteiger partial charge in [0.25, 0.3) is 5.91 Å². The first-order valence-corrected chi connectivity index (χ1v) is 10.3. The first-order chi connectivity index (χ1) is 16.1. The van der Waals surface area contributed by atoms with E-state index in [9.17, 15) is 18.0 Å². The van der Waals surface area contributed by atoms with E-state index >= 15 is 0 Å². The minimum absolute atomic E-state index is 0.0498. The van der Waals surface area contributed by atoms with Gasteiger partial charge in [0.1, 0.15) is 5.82 Å². The molecule has 0 aliphatic rings. The van der Waals surface area contributed by atoms with Gasteiger partial charge in [-0.1, -0.05) is 0 Å². The Bertz CT molecular complexity index is 1330. The van der Waals surface area contributed by atoms with E-state index in [0.29, 0.717) is 22.5 Å². The first kappa shape index (κ1) is 23.0. The third-order valence-corrected chi connectivity index (χ3v) is 5.37. The molecule has 34 heavy (non-hydrogen) atoms. The monoisotopic (exact) mass is 467 g/mol. The number of carbonyl (C=O) groups is 1. The number of hydrogen-bond acceptors (Lipinski definition) is 7. The van der Waals surface area contributed by atoms with Gasteiger partial charge in [-0.25, -0.2) is 9.97 Å². The fourth-order valence-electron chi connectivity index (χ4n) is 3.40. The maximum absolute atomic E-state index is 13.6. The summed E-state index contributed by atoms with van der Waals surface area (Å²) in [6, 6.07) is 5.08. The summed E-state index contributed by atoms with van der Waals surface area (Å²) in [5.74, 6) is -0.0471. The Balaban J connectivity index is 1.70. The lowest BCUT2D eigenvalue weighted by Crippen LogP contribution is -2.34. The second kappa shape index (κ2) is 9.00. The summed E-state index contributed by atoms with van der Waals surface area (Å²) in [5.41, 5.74) is 7.21. The van der Waals surface area contributed by atoms with Crippen LogP contribution in [0.1, 0.15) is 45.8 Å². The van der Waals surface area contributed by atoms with Gasteiger partial charge in [-0.3, -0.25) is 19.7 Å². The predicted molar refractivity (Wildman–Crippen MR) is 118 cm³/mol. The lowest BCUT2D eigenvalue weighted by molar-refractivity contribution is -0.137. The van der Waals surface area contributed by atoms with E-state index in [1.54, 1.807) is 26.0 Å². The van der Waals surface area contributed by atoms with Crippen molar-refractivity contribution in [3.63, 3.8) is 0 Å². The number of halogens is 3. The van der Waals surface area contributed by atoms with Crippen LogP contribution >= 0.6 is 0 Å². The Labute approximate surface area is 192 Å². The highest BCUT2D eigenvalue weighted by molar-refractivity contribution is 5.97. The smallest absolute Gasteiger partial charge is 0.383 e. The van der Waals surface area contributed by atoms with E-state index in [4.69, 9.17) is 5.73 Å². The number of nitrogen functional groups attached to an aromatic ring is 1. The van der Waals surface area contributed by atoms with Gasteiger partial charge in [-0.15, -0.1) is 0 Å². The average Bonchev–Trinajstić information content (AvgIpc) is 2.82. The zero-order valence-electron chi connectivity index (χ0n) is 18.3. The van der Waals surface area contributed by atoms with Crippen molar-refractivity contribution in [3.8, 4) is 0 Å². The van der Waals surface area contributed by atoms with Gasteiger partial charge < -0.3 is 10.6 Å². The molecule has 174 valence electrons. The van der Waals surface area contributed by atoms with Crippen molar-refractivity contribution in [2.45, 2.75) is 32.6 Å². The van der Waals surface area contributed by atoms with Crippen LogP contribution in [0.5, 0.6) is 0 Å². The summed E-state index contributed by atoms with van der Waals surface area (Å²) < 4.78 is 38.8. The minimum atomic E-state index is -4.50. The van der Waals surface area contributed by atoms with Crippen LogP contribution in [0.25, 0.3) is 11.0 Å². The average molecular weight is 467 g/mol. The van der Waals surface area contributed by atoms with Crippen molar-refractivity contribution in [2.24, 2.45) is 0 Å². The number of fused-ring (bicyclic) bond motifs is 1. The second-order valence-corrected chi connectivity index (χ2v) is 7.74. The maximum Gasteiger partial charge on any atom is 0.417 e. The molecule has 0 aliphatic heterocycles. The van der Waals surface area contributed by atoms with Crippen LogP contribution in [0.3, 0.4) is 0 Å².